The molecule has 0 atom stereocenters. The lowest BCUT2D eigenvalue weighted by molar-refractivity contribution is 0.0913. The summed E-state index contributed by atoms with van der Waals surface area (Å²) in [6.45, 7) is 7.89. The van der Waals surface area contributed by atoms with Gasteiger partial charge in [0.1, 0.15) is 4.88 Å². The molecule has 4 heterocycles. The monoisotopic (exact) mass is 519 g/mol. The molecule has 0 unspecified atom stereocenters. The fourth-order valence-corrected chi connectivity index (χ4v) is 6.12. The number of hydrogen-bond donors (Lipinski definition) is 1. The lowest BCUT2D eigenvalue weighted by Crippen LogP contribution is -2.45. The van der Waals surface area contributed by atoms with Crippen LogP contribution in [0.15, 0.2) is 54.7 Å². The van der Waals surface area contributed by atoms with Gasteiger partial charge in [-0.2, -0.15) is 0 Å². The first kappa shape index (κ1) is 24.2. The number of anilines is 1. The molecule has 1 amide bonds. The zero-order chi connectivity index (χ0) is 25.0. The summed E-state index contributed by atoms with van der Waals surface area (Å²) in [7, 11) is 0. The van der Waals surface area contributed by atoms with Gasteiger partial charge >= 0.3 is 0 Å². The molecule has 3 aromatic rings. The number of nitrogens with one attached hydrogen (secondary N) is 1. The predicted octanol–water partition coefficient (Wildman–Crippen LogP) is 3.59. The summed E-state index contributed by atoms with van der Waals surface area (Å²) in [6.07, 6.45) is 3.70. The summed E-state index contributed by atoms with van der Waals surface area (Å²) >= 11 is 1.50. The lowest BCUT2D eigenvalue weighted by atomic mass is 10.0. The van der Waals surface area contributed by atoms with E-state index in [0.29, 0.717) is 11.7 Å². The van der Waals surface area contributed by atoms with Gasteiger partial charge in [0.25, 0.3) is 5.91 Å². The van der Waals surface area contributed by atoms with Crippen LogP contribution < -0.4 is 19.7 Å². The van der Waals surface area contributed by atoms with Crippen LogP contribution in [-0.2, 0) is 13.1 Å². The Balaban J connectivity index is 0.951. The number of ether oxygens (including phenoxy) is 2. The van der Waals surface area contributed by atoms with Crippen molar-refractivity contribution < 1.29 is 14.3 Å². The summed E-state index contributed by atoms with van der Waals surface area (Å²) in [6, 6.07) is 17.0. The third-order valence-corrected chi connectivity index (χ3v) is 8.43. The molecule has 0 aliphatic carbocycles. The van der Waals surface area contributed by atoms with E-state index in [-0.39, 0.29) is 11.9 Å². The zero-order valence-corrected chi connectivity index (χ0v) is 21.8. The zero-order valence-electron chi connectivity index (χ0n) is 21.0. The van der Waals surface area contributed by atoms with Gasteiger partial charge in [-0.3, -0.25) is 14.6 Å². The summed E-state index contributed by atoms with van der Waals surface area (Å²) in [4.78, 5) is 25.4. The van der Waals surface area contributed by atoms with Crippen LogP contribution >= 0.6 is 11.3 Å². The molecule has 37 heavy (non-hydrogen) atoms. The molecule has 2 aromatic carbocycles. The molecule has 0 radical (unpaired) electrons. The molecule has 3 aliphatic rings. The second-order valence-corrected chi connectivity index (χ2v) is 11.0. The van der Waals surface area contributed by atoms with Crippen molar-refractivity contribution in [1.29, 1.82) is 0 Å². The first-order chi connectivity index (χ1) is 18.2. The summed E-state index contributed by atoms with van der Waals surface area (Å²) < 4.78 is 10.9. The third kappa shape index (κ3) is 5.89. The van der Waals surface area contributed by atoms with Gasteiger partial charge in [-0.15, -0.1) is 0 Å². The van der Waals surface area contributed by atoms with Crippen LogP contribution in [0.2, 0.25) is 0 Å². The Bertz CT molecular complexity index is 1200. The molecule has 0 spiro atoms. The Kier molecular flexibility index (Phi) is 7.25. The third-order valence-electron chi connectivity index (χ3n) is 7.38. The standard InChI is InChI=1S/C28H33N5O3S/c34-27(30-23-8-10-31(11-9-23)18-21-4-2-1-3-5-21)26-17-29-28(37-26)33-14-12-32(13-15-33)19-22-6-7-24-25(16-22)36-20-35-24/h1-7,16-17,23H,8-15,18-20H2,(H,30,34). The Labute approximate surface area is 221 Å². The molecule has 194 valence electrons. The molecule has 2 saturated heterocycles. The van der Waals surface area contributed by atoms with Crippen molar-refractivity contribution in [3.8, 4) is 11.5 Å². The number of carbonyl (C=O) groups excluding carboxylic acids is 1. The molecule has 3 aliphatic heterocycles. The number of benzene rings is 2. The number of hydrogen-bond acceptors (Lipinski definition) is 8. The fourth-order valence-electron chi connectivity index (χ4n) is 5.24. The highest BCUT2D eigenvalue weighted by Crippen LogP contribution is 2.33. The number of piperidine rings is 1. The number of nitrogens with zero attached hydrogens (tertiary/aromatic N) is 4. The molecule has 2 fully saturated rings. The van der Waals surface area contributed by atoms with E-state index in [1.54, 1.807) is 6.20 Å². The number of piperazine rings is 1. The van der Waals surface area contributed by atoms with Crippen molar-refractivity contribution in [2.24, 2.45) is 0 Å². The predicted molar refractivity (Wildman–Crippen MR) is 144 cm³/mol. The van der Waals surface area contributed by atoms with E-state index in [1.165, 1.54) is 22.5 Å². The van der Waals surface area contributed by atoms with Gasteiger partial charge in [0.15, 0.2) is 16.6 Å². The number of amides is 1. The highest BCUT2D eigenvalue weighted by molar-refractivity contribution is 7.17. The van der Waals surface area contributed by atoms with Crippen LogP contribution in [0.3, 0.4) is 0 Å². The van der Waals surface area contributed by atoms with E-state index in [4.69, 9.17) is 9.47 Å². The van der Waals surface area contributed by atoms with E-state index in [0.717, 1.165) is 81.8 Å². The Morgan fingerprint density at radius 3 is 2.43 bits per heavy atom. The normalized spacial score (nSPS) is 18.8. The maximum Gasteiger partial charge on any atom is 0.263 e. The number of aromatic nitrogens is 1. The molecule has 1 aromatic heterocycles. The van der Waals surface area contributed by atoms with Gasteiger partial charge in [-0.05, 0) is 36.1 Å². The molecular formula is C28H33N5O3S. The molecule has 0 bridgehead atoms. The van der Waals surface area contributed by atoms with Crippen LogP contribution in [-0.4, -0.2) is 72.8 Å². The average Bonchev–Trinajstić information content (AvgIpc) is 3.61. The van der Waals surface area contributed by atoms with Crippen LogP contribution in [0.4, 0.5) is 5.13 Å². The Morgan fingerprint density at radius 1 is 0.892 bits per heavy atom. The van der Waals surface area contributed by atoms with Crippen LogP contribution in [0.25, 0.3) is 0 Å². The van der Waals surface area contributed by atoms with Crippen molar-refractivity contribution in [1.82, 2.24) is 20.1 Å². The summed E-state index contributed by atoms with van der Waals surface area (Å²) in [5.41, 5.74) is 2.58. The average molecular weight is 520 g/mol. The van der Waals surface area contributed by atoms with E-state index >= 15 is 0 Å². The number of carbonyl (C=O) groups is 1. The molecular weight excluding hydrogens is 486 g/mol. The van der Waals surface area contributed by atoms with Gasteiger partial charge in [0, 0.05) is 58.4 Å². The summed E-state index contributed by atoms with van der Waals surface area (Å²) in [5.74, 6) is 1.67. The van der Waals surface area contributed by atoms with Crippen molar-refractivity contribution >= 4 is 22.4 Å². The molecule has 0 saturated carbocycles. The lowest BCUT2D eigenvalue weighted by Gasteiger charge is -2.34. The first-order valence-corrected chi connectivity index (χ1v) is 13.9. The topological polar surface area (TPSA) is 70.2 Å². The van der Waals surface area contributed by atoms with E-state index in [9.17, 15) is 4.79 Å². The minimum atomic E-state index is 0.00621. The van der Waals surface area contributed by atoms with Gasteiger partial charge in [-0.25, -0.2) is 4.98 Å². The first-order valence-electron chi connectivity index (χ1n) is 13.1. The largest absolute Gasteiger partial charge is 0.454 e. The number of thiazole rings is 1. The van der Waals surface area contributed by atoms with Crippen LogP contribution in [0.1, 0.15) is 33.6 Å². The van der Waals surface area contributed by atoms with E-state index in [1.807, 2.05) is 6.07 Å². The van der Waals surface area contributed by atoms with Crippen LogP contribution in [0.5, 0.6) is 11.5 Å². The van der Waals surface area contributed by atoms with Gasteiger partial charge in [-0.1, -0.05) is 47.7 Å². The Morgan fingerprint density at radius 2 is 1.62 bits per heavy atom. The van der Waals surface area contributed by atoms with Gasteiger partial charge in [0.2, 0.25) is 6.79 Å². The molecule has 9 heteroatoms. The van der Waals surface area contributed by atoms with Crippen molar-refractivity contribution in [2.45, 2.75) is 32.0 Å². The minimum absolute atomic E-state index is 0.00621. The maximum absolute atomic E-state index is 12.9. The fraction of sp³-hybridized carbons (Fsp3) is 0.429. The maximum atomic E-state index is 12.9. The smallest absolute Gasteiger partial charge is 0.263 e. The minimum Gasteiger partial charge on any atom is -0.454 e. The number of fused-ring (bicyclic) bond motifs is 1. The summed E-state index contributed by atoms with van der Waals surface area (Å²) in [5, 5.41) is 4.18. The van der Waals surface area contributed by atoms with Crippen molar-refractivity contribution in [3.63, 3.8) is 0 Å². The van der Waals surface area contributed by atoms with E-state index < -0.39 is 0 Å². The number of likely N-dealkylation sites (tertiary alicyclic amines) is 1. The van der Waals surface area contributed by atoms with Gasteiger partial charge in [0.05, 0.1) is 6.20 Å². The SMILES string of the molecule is O=C(NC1CCN(Cc2ccccc2)CC1)c1cnc(N2CCN(Cc3ccc4c(c3)OCO4)CC2)s1. The molecule has 8 nitrogen and oxygen atoms in total. The van der Waals surface area contributed by atoms with Crippen molar-refractivity contribution in [2.75, 3.05) is 51.0 Å². The second kappa shape index (κ2) is 11.1. The number of rotatable bonds is 7. The quantitative estimate of drug-likeness (QED) is 0.512. The Hall–Kier alpha value is -3.14. The van der Waals surface area contributed by atoms with Crippen LogP contribution in [0, 0.1) is 0 Å². The second-order valence-electron chi connectivity index (χ2n) is 9.97. The van der Waals surface area contributed by atoms with Gasteiger partial charge < -0.3 is 19.7 Å². The van der Waals surface area contributed by atoms with E-state index in [2.05, 4.69) is 67.5 Å². The highest BCUT2D eigenvalue weighted by atomic mass is 32.1. The molecule has 6 rings (SSSR count). The molecule has 1 N–H and O–H groups in total. The highest BCUT2D eigenvalue weighted by Gasteiger charge is 2.24. The van der Waals surface area contributed by atoms with Crippen molar-refractivity contribution in [3.05, 3.63) is 70.7 Å².